The molecule has 0 amide bonds. The number of methoxy groups -OCH3 is 1. The van der Waals surface area contributed by atoms with Crippen molar-refractivity contribution in [3.05, 3.63) is 41.9 Å². The molecule has 0 unspecified atom stereocenters. The van der Waals surface area contributed by atoms with Crippen LogP contribution in [0.1, 0.15) is 24.1 Å². The molecule has 9 heteroatoms. The third-order valence-corrected chi connectivity index (χ3v) is 6.62. The third kappa shape index (κ3) is 4.99. The summed E-state index contributed by atoms with van der Waals surface area (Å²) in [5.74, 6) is 1.85. The van der Waals surface area contributed by atoms with E-state index in [1.165, 1.54) is 6.26 Å². The summed E-state index contributed by atoms with van der Waals surface area (Å²) in [4.78, 5) is 15.8. The van der Waals surface area contributed by atoms with Crippen LogP contribution in [0.5, 0.6) is 5.88 Å². The topological polar surface area (TPSA) is 97.3 Å². The molecule has 1 aliphatic rings. The van der Waals surface area contributed by atoms with Crippen molar-refractivity contribution in [2.24, 2.45) is 5.92 Å². The van der Waals surface area contributed by atoms with Gasteiger partial charge in [0.1, 0.15) is 12.1 Å². The van der Waals surface area contributed by atoms with E-state index < -0.39 is 10.0 Å². The van der Waals surface area contributed by atoms with Crippen LogP contribution in [0.25, 0.3) is 22.0 Å². The van der Waals surface area contributed by atoms with E-state index in [1.807, 2.05) is 19.1 Å². The smallest absolute Gasteiger partial charge is 0.213 e. The Morgan fingerprint density at radius 1 is 1.09 bits per heavy atom. The maximum absolute atomic E-state index is 11.4. The van der Waals surface area contributed by atoms with Crippen LogP contribution in [-0.2, 0) is 10.0 Å². The molecule has 1 aliphatic heterocycles. The number of hydrogen-bond donors (Lipinski definition) is 1. The third-order valence-electron chi connectivity index (χ3n) is 5.93. The first-order valence-corrected chi connectivity index (χ1v) is 12.6. The zero-order chi connectivity index (χ0) is 22.9. The minimum atomic E-state index is -3.16. The Hall–Kier alpha value is -2.78. The van der Waals surface area contributed by atoms with E-state index in [2.05, 4.69) is 43.6 Å². The molecule has 3 aromatic rings. The predicted molar refractivity (Wildman–Crippen MR) is 127 cm³/mol. The average molecular weight is 456 g/mol. The minimum absolute atomic E-state index is 0.332. The number of piperidine rings is 1. The number of pyridine rings is 1. The Morgan fingerprint density at radius 2 is 1.81 bits per heavy atom. The Kier molecular flexibility index (Phi) is 6.30. The number of aromatic nitrogens is 3. The van der Waals surface area contributed by atoms with Gasteiger partial charge in [0.2, 0.25) is 15.9 Å². The highest BCUT2D eigenvalue weighted by atomic mass is 32.2. The molecule has 1 saturated heterocycles. The first-order chi connectivity index (χ1) is 15.2. The Bertz CT molecular complexity index is 1240. The molecule has 2 aromatic heterocycles. The van der Waals surface area contributed by atoms with Crippen LogP contribution >= 0.6 is 0 Å². The molecule has 0 spiro atoms. The Balaban J connectivity index is 1.64. The Labute approximate surface area is 189 Å². The van der Waals surface area contributed by atoms with E-state index >= 15 is 0 Å². The second-order valence-electron chi connectivity index (χ2n) is 8.48. The van der Waals surface area contributed by atoms with Gasteiger partial charge in [0, 0.05) is 36.8 Å². The molecular weight excluding hydrogens is 426 g/mol. The molecule has 32 heavy (non-hydrogen) atoms. The standard InChI is InChI=1S/C23H29N5O3S/c1-15-9-18(19-10-16(2)27-21(12-19)31-3)11-20-22(15)24-14-25-23(20)28-7-5-17(6-8-28)13-26-32(4,29)30/h9-12,14,17,26H,5-8,13H2,1-4H3. The molecule has 1 aromatic carbocycles. The van der Waals surface area contributed by atoms with Crippen LogP contribution in [0.4, 0.5) is 5.82 Å². The SMILES string of the molecule is COc1cc(-c2cc(C)c3ncnc(N4CCC(CNS(C)(=O)=O)CC4)c3c2)cc(C)n1. The molecule has 1 N–H and O–H groups in total. The van der Waals surface area contributed by atoms with Gasteiger partial charge in [-0.25, -0.2) is 28.1 Å². The summed E-state index contributed by atoms with van der Waals surface area (Å²) in [6.45, 7) is 6.17. The molecule has 0 bridgehead atoms. The number of fused-ring (bicyclic) bond motifs is 1. The zero-order valence-electron chi connectivity index (χ0n) is 18.9. The summed E-state index contributed by atoms with van der Waals surface area (Å²) < 4.78 is 30.8. The number of aryl methyl sites for hydroxylation is 2. The van der Waals surface area contributed by atoms with Crippen LogP contribution < -0.4 is 14.4 Å². The van der Waals surface area contributed by atoms with Crippen LogP contribution in [0.2, 0.25) is 0 Å². The quantitative estimate of drug-likeness (QED) is 0.610. The lowest BCUT2D eigenvalue weighted by atomic mass is 9.96. The van der Waals surface area contributed by atoms with Crippen molar-refractivity contribution in [2.75, 3.05) is 37.9 Å². The largest absolute Gasteiger partial charge is 0.481 e. The first kappa shape index (κ1) is 22.4. The van der Waals surface area contributed by atoms with Crippen molar-refractivity contribution in [1.29, 1.82) is 0 Å². The fraction of sp³-hybridized carbons (Fsp3) is 0.435. The lowest BCUT2D eigenvalue weighted by Gasteiger charge is -2.33. The molecule has 1 fully saturated rings. The van der Waals surface area contributed by atoms with E-state index in [4.69, 9.17) is 4.74 Å². The Morgan fingerprint density at radius 3 is 2.50 bits per heavy atom. The number of nitrogens with zero attached hydrogens (tertiary/aromatic N) is 4. The van der Waals surface area contributed by atoms with Crippen LogP contribution in [0.15, 0.2) is 30.6 Å². The van der Waals surface area contributed by atoms with Crippen molar-refractivity contribution in [2.45, 2.75) is 26.7 Å². The van der Waals surface area contributed by atoms with Gasteiger partial charge in [0.05, 0.1) is 18.9 Å². The van der Waals surface area contributed by atoms with Crippen LogP contribution in [0, 0.1) is 19.8 Å². The number of sulfonamides is 1. The summed E-state index contributed by atoms with van der Waals surface area (Å²) in [6.07, 6.45) is 4.65. The van der Waals surface area contributed by atoms with Gasteiger partial charge in [-0.05, 0) is 67.5 Å². The summed E-state index contributed by atoms with van der Waals surface area (Å²) in [7, 11) is -1.54. The normalized spacial score (nSPS) is 15.3. The monoisotopic (exact) mass is 455 g/mol. The van der Waals surface area contributed by atoms with E-state index in [9.17, 15) is 8.42 Å². The molecule has 170 valence electrons. The van der Waals surface area contributed by atoms with Crippen molar-refractivity contribution >= 4 is 26.7 Å². The van der Waals surface area contributed by atoms with Gasteiger partial charge in [-0.15, -0.1) is 0 Å². The fourth-order valence-corrected chi connectivity index (χ4v) is 4.82. The molecule has 3 heterocycles. The second kappa shape index (κ2) is 8.99. The highest BCUT2D eigenvalue weighted by Crippen LogP contribution is 2.33. The summed E-state index contributed by atoms with van der Waals surface area (Å²) in [6, 6.07) is 8.27. The molecule has 0 atom stereocenters. The average Bonchev–Trinajstić information content (AvgIpc) is 2.77. The van der Waals surface area contributed by atoms with Crippen molar-refractivity contribution in [3.8, 4) is 17.0 Å². The van der Waals surface area contributed by atoms with Crippen molar-refractivity contribution in [3.63, 3.8) is 0 Å². The summed E-state index contributed by atoms with van der Waals surface area (Å²) >= 11 is 0. The van der Waals surface area contributed by atoms with Crippen molar-refractivity contribution in [1.82, 2.24) is 19.7 Å². The lowest BCUT2D eigenvalue weighted by molar-refractivity contribution is 0.397. The van der Waals surface area contributed by atoms with Gasteiger partial charge in [-0.3, -0.25) is 0 Å². The number of ether oxygens (including phenoxy) is 1. The second-order valence-corrected chi connectivity index (χ2v) is 10.3. The molecular formula is C23H29N5O3S. The number of anilines is 1. The van der Waals surface area contributed by atoms with Gasteiger partial charge in [0.25, 0.3) is 0 Å². The number of benzene rings is 1. The van der Waals surface area contributed by atoms with Crippen LogP contribution in [-0.4, -0.2) is 56.4 Å². The molecule has 0 saturated carbocycles. The van der Waals surface area contributed by atoms with Gasteiger partial charge in [-0.2, -0.15) is 0 Å². The molecule has 8 nitrogen and oxygen atoms in total. The van der Waals surface area contributed by atoms with Crippen LogP contribution in [0.3, 0.4) is 0 Å². The minimum Gasteiger partial charge on any atom is -0.481 e. The van der Waals surface area contributed by atoms with E-state index in [0.29, 0.717) is 18.3 Å². The summed E-state index contributed by atoms with van der Waals surface area (Å²) in [5.41, 5.74) is 5.03. The molecule has 0 radical (unpaired) electrons. The summed E-state index contributed by atoms with van der Waals surface area (Å²) in [5, 5.41) is 1.02. The fourth-order valence-electron chi connectivity index (χ4n) is 4.28. The van der Waals surface area contributed by atoms with Gasteiger partial charge in [-0.1, -0.05) is 0 Å². The lowest BCUT2D eigenvalue weighted by Crippen LogP contribution is -2.38. The number of rotatable bonds is 6. The highest BCUT2D eigenvalue weighted by Gasteiger charge is 2.23. The van der Waals surface area contributed by atoms with Gasteiger partial charge in [0.15, 0.2) is 0 Å². The molecule has 0 aliphatic carbocycles. The maximum atomic E-state index is 11.4. The van der Waals surface area contributed by atoms with Crippen molar-refractivity contribution < 1.29 is 13.2 Å². The zero-order valence-corrected chi connectivity index (χ0v) is 19.7. The van der Waals surface area contributed by atoms with E-state index in [-0.39, 0.29) is 0 Å². The number of hydrogen-bond acceptors (Lipinski definition) is 7. The van der Waals surface area contributed by atoms with Gasteiger partial charge < -0.3 is 9.64 Å². The van der Waals surface area contributed by atoms with E-state index in [1.54, 1.807) is 13.4 Å². The van der Waals surface area contributed by atoms with Gasteiger partial charge >= 0.3 is 0 Å². The first-order valence-electron chi connectivity index (χ1n) is 10.7. The highest BCUT2D eigenvalue weighted by molar-refractivity contribution is 7.88. The molecule has 4 rings (SSSR count). The maximum Gasteiger partial charge on any atom is 0.213 e. The predicted octanol–water partition coefficient (Wildman–Crippen LogP) is 3.08. The number of nitrogens with one attached hydrogen (secondary N) is 1. The van der Waals surface area contributed by atoms with E-state index in [0.717, 1.165) is 65.0 Å².